The SMILES string of the molecule is Cc1ccc(/C=N/NS(=O)(=O)c2ccc(C)c(C)c2)cc1. The standard InChI is InChI=1S/C16H18N2O2S/c1-12-4-7-15(8-5-12)11-17-18-21(19,20)16-9-6-13(2)14(3)10-16/h4-11,18H,1-3H3/b17-11+. The van der Waals surface area contributed by atoms with E-state index >= 15 is 0 Å². The summed E-state index contributed by atoms with van der Waals surface area (Å²) in [5.41, 5.74) is 3.96. The predicted molar refractivity (Wildman–Crippen MR) is 85.0 cm³/mol. The van der Waals surface area contributed by atoms with E-state index in [1.807, 2.05) is 45.0 Å². The van der Waals surface area contributed by atoms with Crippen LogP contribution in [-0.2, 0) is 10.0 Å². The number of nitrogens with one attached hydrogen (secondary N) is 1. The van der Waals surface area contributed by atoms with Gasteiger partial charge in [0, 0.05) is 0 Å². The second kappa shape index (κ2) is 6.10. The molecule has 0 radical (unpaired) electrons. The molecule has 110 valence electrons. The van der Waals surface area contributed by atoms with Crippen LogP contribution in [0.2, 0.25) is 0 Å². The summed E-state index contributed by atoms with van der Waals surface area (Å²) in [6.45, 7) is 5.81. The highest BCUT2D eigenvalue weighted by Crippen LogP contribution is 2.14. The Balaban J connectivity index is 2.14. The Hall–Kier alpha value is -2.14. The van der Waals surface area contributed by atoms with Crippen molar-refractivity contribution in [2.75, 3.05) is 0 Å². The summed E-state index contributed by atoms with van der Waals surface area (Å²) in [6.07, 6.45) is 1.48. The molecule has 0 heterocycles. The normalized spacial score (nSPS) is 11.8. The summed E-state index contributed by atoms with van der Waals surface area (Å²) in [4.78, 5) is 2.44. The number of nitrogens with zero attached hydrogens (tertiary/aromatic N) is 1. The van der Waals surface area contributed by atoms with E-state index in [1.54, 1.807) is 18.2 Å². The van der Waals surface area contributed by atoms with Crippen LogP contribution in [0.15, 0.2) is 52.5 Å². The predicted octanol–water partition coefficient (Wildman–Crippen LogP) is 2.92. The van der Waals surface area contributed by atoms with Gasteiger partial charge < -0.3 is 0 Å². The number of aryl methyl sites for hydroxylation is 3. The lowest BCUT2D eigenvalue weighted by atomic mass is 10.1. The summed E-state index contributed by atoms with van der Waals surface area (Å²) in [6, 6.07) is 12.6. The number of hydrazone groups is 1. The molecule has 2 aromatic rings. The summed E-state index contributed by atoms with van der Waals surface area (Å²) in [5.74, 6) is 0. The van der Waals surface area contributed by atoms with E-state index < -0.39 is 10.0 Å². The molecule has 21 heavy (non-hydrogen) atoms. The molecule has 0 aliphatic rings. The lowest BCUT2D eigenvalue weighted by molar-refractivity contribution is 0.584. The van der Waals surface area contributed by atoms with Crippen LogP contribution in [0, 0.1) is 20.8 Å². The molecule has 0 saturated heterocycles. The molecule has 0 aliphatic carbocycles. The van der Waals surface area contributed by atoms with E-state index in [-0.39, 0.29) is 4.90 Å². The Morgan fingerprint density at radius 1 is 0.952 bits per heavy atom. The molecule has 0 atom stereocenters. The second-order valence-electron chi connectivity index (χ2n) is 5.01. The highest BCUT2D eigenvalue weighted by Gasteiger charge is 2.13. The molecule has 0 amide bonds. The Morgan fingerprint density at radius 3 is 2.24 bits per heavy atom. The maximum absolute atomic E-state index is 12.1. The van der Waals surface area contributed by atoms with Gasteiger partial charge in [0.2, 0.25) is 0 Å². The Labute approximate surface area is 125 Å². The summed E-state index contributed by atoms with van der Waals surface area (Å²) < 4.78 is 24.2. The maximum atomic E-state index is 12.1. The van der Waals surface area contributed by atoms with Crippen LogP contribution in [0.25, 0.3) is 0 Å². The van der Waals surface area contributed by atoms with Crippen molar-refractivity contribution in [3.05, 3.63) is 64.7 Å². The van der Waals surface area contributed by atoms with Gasteiger partial charge in [0.25, 0.3) is 10.0 Å². The van der Waals surface area contributed by atoms with Crippen LogP contribution in [0.5, 0.6) is 0 Å². The minimum atomic E-state index is -3.63. The van der Waals surface area contributed by atoms with Gasteiger partial charge in [-0.05, 0) is 49.6 Å². The molecule has 0 unspecified atom stereocenters. The minimum absolute atomic E-state index is 0.214. The van der Waals surface area contributed by atoms with E-state index in [0.29, 0.717) is 0 Å². The van der Waals surface area contributed by atoms with Gasteiger partial charge in [-0.15, -0.1) is 0 Å². The smallest absolute Gasteiger partial charge is 0.200 e. The molecule has 0 bridgehead atoms. The first-order chi connectivity index (χ1) is 9.88. The molecule has 5 heteroatoms. The second-order valence-corrected chi connectivity index (χ2v) is 6.67. The maximum Gasteiger partial charge on any atom is 0.276 e. The fourth-order valence-corrected chi connectivity index (χ4v) is 2.63. The average molecular weight is 302 g/mol. The van der Waals surface area contributed by atoms with Gasteiger partial charge in [-0.2, -0.15) is 13.5 Å². The van der Waals surface area contributed by atoms with Crippen LogP contribution in [0.3, 0.4) is 0 Å². The van der Waals surface area contributed by atoms with Crippen LogP contribution in [-0.4, -0.2) is 14.6 Å². The third-order valence-corrected chi connectivity index (χ3v) is 4.47. The van der Waals surface area contributed by atoms with Crippen molar-refractivity contribution in [2.24, 2.45) is 5.10 Å². The quantitative estimate of drug-likeness (QED) is 0.697. The molecule has 0 aliphatic heterocycles. The lowest BCUT2D eigenvalue weighted by Gasteiger charge is -2.06. The van der Waals surface area contributed by atoms with Crippen molar-refractivity contribution in [1.29, 1.82) is 0 Å². The van der Waals surface area contributed by atoms with Crippen LogP contribution in [0.1, 0.15) is 22.3 Å². The highest BCUT2D eigenvalue weighted by molar-refractivity contribution is 7.89. The van der Waals surface area contributed by atoms with E-state index in [1.165, 1.54) is 6.21 Å². The van der Waals surface area contributed by atoms with Gasteiger partial charge in [-0.3, -0.25) is 0 Å². The summed E-state index contributed by atoms with van der Waals surface area (Å²) in [5, 5.41) is 3.81. The lowest BCUT2D eigenvalue weighted by Crippen LogP contribution is -2.18. The molecule has 0 spiro atoms. The molecule has 0 fully saturated rings. The topological polar surface area (TPSA) is 58.5 Å². The van der Waals surface area contributed by atoms with Gasteiger partial charge in [-0.1, -0.05) is 35.9 Å². The van der Waals surface area contributed by atoms with E-state index in [9.17, 15) is 8.42 Å². The minimum Gasteiger partial charge on any atom is -0.200 e. The zero-order valence-corrected chi connectivity index (χ0v) is 13.1. The molecular formula is C16H18N2O2S. The fraction of sp³-hybridized carbons (Fsp3) is 0.188. The number of hydrogen-bond donors (Lipinski definition) is 1. The first-order valence-electron chi connectivity index (χ1n) is 6.57. The summed E-state index contributed by atoms with van der Waals surface area (Å²) in [7, 11) is -3.63. The molecule has 1 N–H and O–H groups in total. The molecule has 2 aromatic carbocycles. The zero-order chi connectivity index (χ0) is 15.5. The van der Waals surface area contributed by atoms with Crippen LogP contribution >= 0.6 is 0 Å². The summed E-state index contributed by atoms with van der Waals surface area (Å²) >= 11 is 0. The molecule has 0 saturated carbocycles. The van der Waals surface area contributed by atoms with Crippen LogP contribution < -0.4 is 4.83 Å². The van der Waals surface area contributed by atoms with Gasteiger partial charge in [0.05, 0.1) is 11.1 Å². The zero-order valence-electron chi connectivity index (χ0n) is 12.3. The van der Waals surface area contributed by atoms with Gasteiger partial charge in [-0.25, -0.2) is 4.83 Å². The van der Waals surface area contributed by atoms with Crippen molar-refractivity contribution in [3.8, 4) is 0 Å². The van der Waals surface area contributed by atoms with E-state index in [0.717, 1.165) is 22.3 Å². The van der Waals surface area contributed by atoms with Gasteiger partial charge in [0.15, 0.2) is 0 Å². The van der Waals surface area contributed by atoms with Gasteiger partial charge >= 0.3 is 0 Å². The molecular weight excluding hydrogens is 284 g/mol. The largest absolute Gasteiger partial charge is 0.276 e. The van der Waals surface area contributed by atoms with Crippen molar-refractivity contribution in [2.45, 2.75) is 25.7 Å². The molecule has 4 nitrogen and oxygen atoms in total. The number of hydrogen-bond acceptors (Lipinski definition) is 3. The van der Waals surface area contributed by atoms with Crippen molar-refractivity contribution >= 4 is 16.2 Å². The first kappa shape index (κ1) is 15.3. The first-order valence-corrected chi connectivity index (χ1v) is 8.05. The number of benzene rings is 2. The van der Waals surface area contributed by atoms with Crippen molar-refractivity contribution in [1.82, 2.24) is 4.83 Å². The Kier molecular flexibility index (Phi) is 4.43. The third kappa shape index (κ3) is 3.92. The van der Waals surface area contributed by atoms with Gasteiger partial charge in [0.1, 0.15) is 0 Å². The fourth-order valence-electron chi connectivity index (χ4n) is 1.76. The molecule has 0 aromatic heterocycles. The number of rotatable bonds is 4. The van der Waals surface area contributed by atoms with Crippen LogP contribution in [0.4, 0.5) is 0 Å². The van der Waals surface area contributed by atoms with E-state index in [2.05, 4.69) is 9.93 Å². The Morgan fingerprint density at radius 2 is 1.62 bits per heavy atom. The third-order valence-electron chi connectivity index (χ3n) is 3.25. The monoisotopic (exact) mass is 302 g/mol. The Bertz CT molecular complexity index is 763. The molecule has 2 rings (SSSR count). The number of sulfonamides is 1. The van der Waals surface area contributed by atoms with Crippen molar-refractivity contribution in [3.63, 3.8) is 0 Å². The average Bonchev–Trinajstić information content (AvgIpc) is 2.44. The van der Waals surface area contributed by atoms with E-state index in [4.69, 9.17) is 0 Å². The van der Waals surface area contributed by atoms with Crippen molar-refractivity contribution < 1.29 is 8.42 Å². The highest BCUT2D eigenvalue weighted by atomic mass is 32.2.